The molecule has 1 aromatic heterocycles. The van der Waals surface area contributed by atoms with Gasteiger partial charge in [0.25, 0.3) is 0 Å². The van der Waals surface area contributed by atoms with Crippen LogP contribution in [0.5, 0.6) is 5.75 Å². The Bertz CT molecular complexity index is 1070. The Morgan fingerprint density at radius 2 is 1.84 bits per heavy atom. The van der Waals surface area contributed by atoms with Gasteiger partial charge in [0, 0.05) is 62.2 Å². The predicted molar refractivity (Wildman–Crippen MR) is 145 cm³/mol. The SMILES string of the molecule is O=C(O)CCCCCOc1ccccc1CN(CCCN1CCOCC1)c1ccc(-c2cn[nH]c2)cc1. The maximum absolute atomic E-state index is 10.7. The van der Waals surface area contributed by atoms with Crippen molar-refractivity contribution in [1.82, 2.24) is 15.1 Å². The van der Waals surface area contributed by atoms with Crippen LogP contribution in [0.1, 0.15) is 37.7 Å². The summed E-state index contributed by atoms with van der Waals surface area (Å²) in [6, 6.07) is 16.9. The lowest BCUT2D eigenvalue weighted by molar-refractivity contribution is -0.137. The molecule has 0 atom stereocenters. The number of para-hydroxylation sites is 1. The van der Waals surface area contributed by atoms with E-state index in [1.165, 1.54) is 5.69 Å². The molecule has 3 aromatic rings. The molecular weight excluding hydrogens is 468 g/mol. The first-order valence-electron chi connectivity index (χ1n) is 13.3. The average Bonchev–Trinajstić information content (AvgIpc) is 3.47. The summed E-state index contributed by atoms with van der Waals surface area (Å²) >= 11 is 0. The van der Waals surface area contributed by atoms with Crippen molar-refractivity contribution in [3.05, 3.63) is 66.5 Å². The van der Waals surface area contributed by atoms with Crippen LogP contribution < -0.4 is 9.64 Å². The van der Waals surface area contributed by atoms with E-state index < -0.39 is 5.97 Å². The molecule has 2 aromatic carbocycles. The van der Waals surface area contributed by atoms with Crippen molar-refractivity contribution >= 4 is 11.7 Å². The standard InChI is InChI=1S/C29H38N4O4/c34-29(35)9-2-1-5-18-37-28-8-4-3-7-25(28)23-33(15-6-14-32-16-19-36-20-17-32)27-12-10-24(11-13-27)26-21-30-31-22-26/h3-4,7-8,10-13,21-22H,1-2,5-6,9,14-20,23H2,(H,30,31)(H,34,35). The first-order valence-corrected chi connectivity index (χ1v) is 13.3. The summed E-state index contributed by atoms with van der Waals surface area (Å²) in [5, 5.41) is 15.8. The fraction of sp³-hybridized carbons (Fsp3) is 0.448. The molecule has 4 rings (SSSR count). The quantitative estimate of drug-likeness (QED) is 0.285. The molecule has 0 radical (unpaired) electrons. The number of hydrogen-bond donors (Lipinski definition) is 2. The number of H-pyrrole nitrogens is 1. The van der Waals surface area contributed by atoms with Crippen LogP contribution in [0.3, 0.4) is 0 Å². The zero-order valence-corrected chi connectivity index (χ0v) is 21.5. The van der Waals surface area contributed by atoms with Gasteiger partial charge in [0.15, 0.2) is 0 Å². The van der Waals surface area contributed by atoms with Crippen LogP contribution in [-0.4, -0.2) is 72.2 Å². The number of rotatable bonds is 15. The van der Waals surface area contributed by atoms with Gasteiger partial charge in [-0.25, -0.2) is 0 Å². The molecule has 8 nitrogen and oxygen atoms in total. The first-order chi connectivity index (χ1) is 18.2. The molecule has 1 fully saturated rings. The summed E-state index contributed by atoms with van der Waals surface area (Å²) < 4.78 is 11.6. The van der Waals surface area contributed by atoms with Crippen molar-refractivity contribution < 1.29 is 19.4 Å². The third-order valence-corrected chi connectivity index (χ3v) is 6.70. The second-order valence-electron chi connectivity index (χ2n) is 9.42. The molecule has 1 aliphatic rings. The number of hydrogen-bond acceptors (Lipinski definition) is 6. The Kier molecular flexibility index (Phi) is 10.4. The highest BCUT2D eigenvalue weighted by atomic mass is 16.5. The van der Waals surface area contributed by atoms with Gasteiger partial charge in [0.2, 0.25) is 0 Å². The van der Waals surface area contributed by atoms with Gasteiger partial charge >= 0.3 is 5.97 Å². The number of morpholine rings is 1. The van der Waals surface area contributed by atoms with E-state index in [2.05, 4.69) is 56.4 Å². The number of aromatic nitrogens is 2. The molecule has 37 heavy (non-hydrogen) atoms. The minimum atomic E-state index is -0.738. The van der Waals surface area contributed by atoms with E-state index in [4.69, 9.17) is 14.6 Å². The predicted octanol–water partition coefficient (Wildman–Crippen LogP) is 4.83. The number of carbonyl (C=O) groups is 1. The van der Waals surface area contributed by atoms with Crippen molar-refractivity contribution in [2.45, 2.75) is 38.6 Å². The third-order valence-electron chi connectivity index (χ3n) is 6.70. The molecule has 0 amide bonds. The average molecular weight is 507 g/mol. The molecule has 0 unspecified atom stereocenters. The van der Waals surface area contributed by atoms with Crippen LogP contribution in [0.15, 0.2) is 60.9 Å². The molecule has 0 spiro atoms. The van der Waals surface area contributed by atoms with Crippen molar-refractivity contribution in [2.75, 3.05) is 50.9 Å². The highest BCUT2D eigenvalue weighted by Crippen LogP contribution is 2.27. The maximum atomic E-state index is 10.7. The summed E-state index contributed by atoms with van der Waals surface area (Å²) in [5.41, 5.74) is 4.54. The van der Waals surface area contributed by atoms with E-state index in [1.807, 2.05) is 24.5 Å². The molecule has 198 valence electrons. The van der Waals surface area contributed by atoms with Crippen LogP contribution >= 0.6 is 0 Å². The third kappa shape index (κ3) is 8.61. The normalized spacial score (nSPS) is 13.9. The summed E-state index contributed by atoms with van der Waals surface area (Å²) in [7, 11) is 0. The lowest BCUT2D eigenvalue weighted by Crippen LogP contribution is -2.38. The van der Waals surface area contributed by atoms with E-state index in [0.29, 0.717) is 13.0 Å². The molecule has 0 saturated carbocycles. The number of nitrogens with zero attached hydrogens (tertiary/aromatic N) is 3. The van der Waals surface area contributed by atoms with E-state index >= 15 is 0 Å². The van der Waals surface area contributed by atoms with Crippen LogP contribution in [0.2, 0.25) is 0 Å². The van der Waals surface area contributed by atoms with Gasteiger partial charge in [-0.05, 0) is 49.4 Å². The second-order valence-corrected chi connectivity index (χ2v) is 9.42. The highest BCUT2D eigenvalue weighted by Gasteiger charge is 2.14. The zero-order valence-electron chi connectivity index (χ0n) is 21.5. The Balaban J connectivity index is 1.40. The van der Waals surface area contributed by atoms with Gasteiger partial charge in [0.05, 0.1) is 26.0 Å². The highest BCUT2D eigenvalue weighted by molar-refractivity contribution is 5.66. The van der Waals surface area contributed by atoms with Gasteiger partial charge in [0.1, 0.15) is 5.75 Å². The van der Waals surface area contributed by atoms with Crippen molar-refractivity contribution in [3.8, 4) is 16.9 Å². The van der Waals surface area contributed by atoms with Crippen molar-refractivity contribution in [3.63, 3.8) is 0 Å². The first kappa shape index (κ1) is 26.7. The molecule has 1 aliphatic heterocycles. The monoisotopic (exact) mass is 506 g/mol. The molecule has 2 N–H and O–H groups in total. The number of ether oxygens (including phenoxy) is 2. The number of carboxylic acids is 1. The van der Waals surface area contributed by atoms with Gasteiger partial charge in [-0.1, -0.05) is 30.3 Å². The van der Waals surface area contributed by atoms with Crippen LogP contribution in [0.4, 0.5) is 5.69 Å². The number of unbranched alkanes of at least 4 members (excludes halogenated alkanes) is 2. The van der Waals surface area contributed by atoms with Gasteiger partial charge in [-0.2, -0.15) is 5.10 Å². The molecule has 0 bridgehead atoms. The fourth-order valence-corrected chi connectivity index (χ4v) is 4.60. The Labute approximate surface area is 219 Å². The van der Waals surface area contributed by atoms with E-state index in [0.717, 1.165) is 87.6 Å². The summed E-state index contributed by atoms with van der Waals surface area (Å²) in [5.74, 6) is 0.159. The number of benzene rings is 2. The molecule has 2 heterocycles. The van der Waals surface area contributed by atoms with E-state index in [9.17, 15) is 4.79 Å². The summed E-state index contributed by atoms with van der Waals surface area (Å²) in [6.07, 6.45) is 7.41. The van der Waals surface area contributed by atoms with Gasteiger partial charge in [-0.15, -0.1) is 0 Å². The number of nitrogens with one attached hydrogen (secondary N) is 1. The molecule has 0 aliphatic carbocycles. The van der Waals surface area contributed by atoms with Crippen LogP contribution in [-0.2, 0) is 16.1 Å². The van der Waals surface area contributed by atoms with Crippen LogP contribution in [0.25, 0.3) is 11.1 Å². The number of carboxylic acid groups (broad SMARTS) is 1. The second kappa shape index (κ2) is 14.4. The number of aliphatic carboxylic acids is 1. The van der Waals surface area contributed by atoms with E-state index in [1.54, 1.807) is 0 Å². The lowest BCUT2D eigenvalue weighted by atomic mass is 10.1. The van der Waals surface area contributed by atoms with E-state index in [-0.39, 0.29) is 6.42 Å². The smallest absolute Gasteiger partial charge is 0.303 e. The van der Waals surface area contributed by atoms with Crippen molar-refractivity contribution in [2.24, 2.45) is 0 Å². The zero-order chi connectivity index (χ0) is 25.7. The largest absolute Gasteiger partial charge is 0.493 e. The molecule has 8 heteroatoms. The minimum absolute atomic E-state index is 0.218. The fourth-order valence-electron chi connectivity index (χ4n) is 4.60. The van der Waals surface area contributed by atoms with Crippen LogP contribution in [0, 0.1) is 0 Å². The number of anilines is 1. The molecular formula is C29H38N4O4. The Morgan fingerprint density at radius 3 is 2.59 bits per heavy atom. The number of aromatic amines is 1. The maximum Gasteiger partial charge on any atom is 0.303 e. The summed E-state index contributed by atoms with van der Waals surface area (Å²) in [6.45, 7) is 6.98. The Hall–Kier alpha value is -3.36. The Morgan fingerprint density at radius 1 is 1.03 bits per heavy atom. The molecule has 1 saturated heterocycles. The van der Waals surface area contributed by atoms with Gasteiger partial charge < -0.3 is 19.5 Å². The topological polar surface area (TPSA) is 90.9 Å². The van der Waals surface area contributed by atoms with Crippen molar-refractivity contribution in [1.29, 1.82) is 0 Å². The lowest BCUT2D eigenvalue weighted by Gasteiger charge is -2.30. The van der Waals surface area contributed by atoms with Gasteiger partial charge in [-0.3, -0.25) is 14.8 Å². The summed E-state index contributed by atoms with van der Waals surface area (Å²) in [4.78, 5) is 15.6. The minimum Gasteiger partial charge on any atom is -0.493 e.